The maximum Gasteiger partial charge on any atom is 0.282 e. The third-order valence-electron chi connectivity index (χ3n) is 6.17. The van der Waals surface area contributed by atoms with Gasteiger partial charge in [0.2, 0.25) is 0 Å². The van der Waals surface area contributed by atoms with Crippen LogP contribution in [-0.4, -0.2) is 79.1 Å². The number of benzene rings is 1. The Morgan fingerprint density at radius 1 is 0.969 bits per heavy atom. The van der Waals surface area contributed by atoms with Crippen LogP contribution in [0.15, 0.2) is 47.5 Å². The second-order valence-corrected chi connectivity index (χ2v) is 8.84. The molecule has 2 amide bonds. The molecule has 3 heterocycles. The van der Waals surface area contributed by atoms with Gasteiger partial charge in [-0.05, 0) is 49.6 Å². The van der Waals surface area contributed by atoms with Crippen LogP contribution < -0.4 is 9.80 Å². The first-order chi connectivity index (χ1) is 15.6. The highest BCUT2D eigenvalue weighted by molar-refractivity contribution is 7.11. The number of amides is 2. The van der Waals surface area contributed by atoms with Crippen LogP contribution in [0, 0.1) is 0 Å². The topological polar surface area (TPSA) is 67.3 Å². The highest BCUT2D eigenvalue weighted by Crippen LogP contribution is 2.37. The number of piperazine rings is 1. The Morgan fingerprint density at radius 3 is 2.22 bits per heavy atom. The van der Waals surface area contributed by atoms with Crippen LogP contribution in [0.4, 0.5) is 11.4 Å². The van der Waals surface area contributed by atoms with Gasteiger partial charge in [0.15, 0.2) is 0 Å². The minimum absolute atomic E-state index is 0.123. The average molecular weight is 455 g/mol. The van der Waals surface area contributed by atoms with Crippen molar-refractivity contribution in [3.05, 3.63) is 52.4 Å². The summed E-state index contributed by atoms with van der Waals surface area (Å²) in [7, 11) is 0. The number of aliphatic hydroxyl groups excluding tert-OH is 1. The zero-order chi connectivity index (χ0) is 22.7. The smallest absolute Gasteiger partial charge is 0.282 e. The Balaban J connectivity index is 1.64. The normalized spacial score (nSPS) is 17.6. The van der Waals surface area contributed by atoms with Crippen molar-refractivity contribution < 1.29 is 14.7 Å². The number of aliphatic hydroxyl groups is 1. The largest absolute Gasteiger partial charge is 0.395 e. The van der Waals surface area contributed by atoms with E-state index in [0.29, 0.717) is 36.6 Å². The van der Waals surface area contributed by atoms with Crippen LogP contribution in [0.1, 0.15) is 18.7 Å². The summed E-state index contributed by atoms with van der Waals surface area (Å²) < 4.78 is 0. The van der Waals surface area contributed by atoms with Crippen LogP contribution in [-0.2, 0) is 9.59 Å². The van der Waals surface area contributed by atoms with Gasteiger partial charge in [-0.3, -0.25) is 14.5 Å². The molecule has 170 valence electrons. The summed E-state index contributed by atoms with van der Waals surface area (Å²) in [5, 5.41) is 11.1. The van der Waals surface area contributed by atoms with E-state index in [1.54, 1.807) is 0 Å². The van der Waals surface area contributed by atoms with Gasteiger partial charge in [-0.25, -0.2) is 4.90 Å². The number of imide groups is 1. The molecule has 0 bridgehead atoms. The fourth-order valence-corrected chi connectivity index (χ4v) is 5.19. The lowest BCUT2D eigenvalue weighted by Gasteiger charge is -2.36. The first-order valence-electron chi connectivity index (χ1n) is 11.2. The van der Waals surface area contributed by atoms with Crippen molar-refractivity contribution in [1.82, 2.24) is 9.80 Å². The lowest BCUT2D eigenvalue weighted by atomic mass is 10.1. The van der Waals surface area contributed by atoms with Crippen LogP contribution in [0.25, 0.3) is 5.57 Å². The van der Waals surface area contributed by atoms with Crippen molar-refractivity contribution in [2.75, 3.05) is 62.2 Å². The molecule has 1 saturated heterocycles. The van der Waals surface area contributed by atoms with Crippen LogP contribution >= 0.6 is 11.3 Å². The Labute approximate surface area is 193 Å². The standard InChI is InChI=1S/C24H30N4O3S/c1-3-26(4-2)18-7-9-19(10-8-18)28-23(30)21(20-6-5-17-32-20)22(24(28)31)27-13-11-25(12-14-27)15-16-29/h5-10,17,29H,3-4,11-16H2,1-2H3. The first-order valence-corrected chi connectivity index (χ1v) is 12.1. The van der Waals surface area contributed by atoms with E-state index < -0.39 is 0 Å². The maximum atomic E-state index is 13.6. The number of nitrogens with zero attached hydrogens (tertiary/aromatic N) is 4. The molecule has 2 aliphatic rings. The fraction of sp³-hybridized carbons (Fsp3) is 0.417. The van der Waals surface area contributed by atoms with E-state index in [4.69, 9.17) is 0 Å². The molecule has 1 aromatic heterocycles. The molecule has 0 aliphatic carbocycles. The Bertz CT molecular complexity index is 975. The summed E-state index contributed by atoms with van der Waals surface area (Å²) in [5.74, 6) is -0.523. The van der Waals surface area contributed by atoms with Gasteiger partial charge in [-0.2, -0.15) is 0 Å². The van der Waals surface area contributed by atoms with Gasteiger partial charge >= 0.3 is 0 Å². The van der Waals surface area contributed by atoms with Gasteiger partial charge in [0.25, 0.3) is 11.8 Å². The number of rotatable bonds is 8. The van der Waals surface area contributed by atoms with Crippen molar-refractivity contribution >= 4 is 40.1 Å². The molecule has 1 N–H and O–H groups in total. The maximum absolute atomic E-state index is 13.6. The molecular formula is C24H30N4O3S. The molecule has 0 saturated carbocycles. The molecule has 32 heavy (non-hydrogen) atoms. The Hall–Kier alpha value is -2.68. The van der Waals surface area contributed by atoms with Gasteiger partial charge in [0, 0.05) is 56.4 Å². The quantitative estimate of drug-likeness (QED) is 0.619. The third-order valence-corrected chi connectivity index (χ3v) is 7.06. The summed E-state index contributed by atoms with van der Waals surface area (Å²) in [6, 6.07) is 11.5. The predicted molar refractivity (Wildman–Crippen MR) is 129 cm³/mol. The number of β-amino-alcohol motifs (C(OH)–C–C–N with tert-alkyl or cyclic N) is 1. The lowest BCUT2D eigenvalue weighted by molar-refractivity contribution is -0.120. The van der Waals surface area contributed by atoms with E-state index in [9.17, 15) is 14.7 Å². The van der Waals surface area contributed by atoms with E-state index in [1.807, 2.05) is 46.7 Å². The van der Waals surface area contributed by atoms with Crippen molar-refractivity contribution in [3.8, 4) is 0 Å². The number of hydrogen-bond acceptors (Lipinski definition) is 7. The molecule has 0 atom stereocenters. The summed E-state index contributed by atoms with van der Waals surface area (Å²) in [5.41, 5.74) is 2.66. The van der Waals surface area contributed by atoms with Gasteiger partial charge < -0.3 is 14.9 Å². The molecular weight excluding hydrogens is 424 g/mol. The molecule has 0 unspecified atom stereocenters. The lowest BCUT2D eigenvalue weighted by Crippen LogP contribution is -2.48. The minimum Gasteiger partial charge on any atom is -0.395 e. The molecule has 0 radical (unpaired) electrons. The van der Waals surface area contributed by atoms with Gasteiger partial charge in [-0.1, -0.05) is 6.07 Å². The second-order valence-electron chi connectivity index (χ2n) is 7.89. The van der Waals surface area contributed by atoms with Gasteiger partial charge in [0.1, 0.15) is 5.70 Å². The Morgan fingerprint density at radius 2 is 1.66 bits per heavy atom. The SMILES string of the molecule is CCN(CC)c1ccc(N2C(=O)C(c3cccs3)=C(N3CCN(CCO)CC3)C2=O)cc1. The molecule has 2 aliphatic heterocycles. The summed E-state index contributed by atoms with van der Waals surface area (Å²) in [6.07, 6.45) is 0. The van der Waals surface area contributed by atoms with E-state index in [0.717, 1.165) is 36.7 Å². The van der Waals surface area contributed by atoms with E-state index in [2.05, 4.69) is 23.6 Å². The number of anilines is 2. The fourth-order valence-electron chi connectivity index (χ4n) is 4.43. The molecule has 7 nitrogen and oxygen atoms in total. The first kappa shape index (κ1) is 22.5. The molecule has 2 aromatic rings. The van der Waals surface area contributed by atoms with Crippen LogP contribution in [0.5, 0.6) is 0 Å². The molecule has 1 aromatic carbocycles. The molecule has 4 rings (SSSR count). The minimum atomic E-state index is -0.263. The van der Waals surface area contributed by atoms with Crippen molar-refractivity contribution in [2.45, 2.75) is 13.8 Å². The molecule has 1 fully saturated rings. The van der Waals surface area contributed by atoms with E-state index in [-0.39, 0.29) is 18.4 Å². The number of carbonyl (C=O) groups is 2. The number of thiophene rings is 1. The summed E-state index contributed by atoms with van der Waals surface area (Å²) in [6.45, 7) is 9.56. The summed E-state index contributed by atoms with van der Waals surface area (Å²) >= 11 is 1.48. The highest BCUT2D eigenvalue weighted by atomic mass is 32.1. The second kappa shape index (κ2) is 9.85. The average Bonchev–Trinajstić information content (AvgIpc) is 3.42. The highest BCUT2D eigenvalue weighted by Gasteiger charge is 2.43. The zero-order valence-electron chi connectivity index (χ0n) is 18.7. The Kier molecular flexibility index (Phi) is 6.93. The zero-order valence-corrected chi connectivity index (χ0v) is 19.5. The predicted octanol–water partition coefficient (Wildman–Crippen LogP) is 2.49. The van der Waals surface area contributed by atoms with Gasteiger partial charge in [0.05, 0.1) is 17.9 Å². The summed E-state index contributed by atoms with van der Waals surface area (Å²) in [4.78, 5) is 35.7. The van der Waals surface area contributed by atoms with Crippen LogP contribution in [0.2, 0.25) is 0 Å². The number of hydrogen-bond donors (Lipinski definition) is 1. The molecule has 0 spiro atoms. The number of carbonyl (C=O) groups excluding carboxylic acids is 2. The molecule has 8 heteroatoms. The van der Waals surface area contributed by atoms with Crippen molar-refractivity contribution in [3.63, 3.8) is 0 Å². The van der Waals surface area contributed by atoms with Crippen molar-refractivity contribution in [2.24, 2.45) is 0 Å². The van der Waals surface area contributed by atoms with E-state index in [1.165, 1.54) is 16.2 Å². The third kappa shape index (κ3) is 4.18. The van der Waals surface area contributed by atoms with Gasteiger partial charge in [-0.15, -0.1) is 11.3 Å². The van der Waals surface area contributed by atoms with Crippen molar-refractivity contribution in [1.29, 1.82) is 0 Å². The van der Waals surface area contributed by atoms with E-state index >= 15 is 0 Å². The van der Waals surface area contributed by atoms with Crippen LogP contribution in [0.3, 0.4) is 0 Å². The monoisotopic (exact) mass is 454 g/mol.